The number of anilines is 1. The van der Waals surface area contributed by atoms with Gasteiger partial charge >= 0.3 is 0 Å². The fraction of sp³-hybridized carbons (Fsp3) is 0.143. The van der Waals surface area contributed by atoms with Crippen LogP contribution in [0.1, 0.15) is 11.1 Å². The molecule has 0 saturated carbocycles. The van der Waals surface area contributed by atoms with Crippen LogP contribution in [0.4, 0.5) is 5.69 Å². The predicted octanol–water partition coefficient (Wildman–Crippen LogP) is 5.15. The van der Waals surface area contributed by atoms with Gasteiger partial charge in [0.05, 0.1) is 7.11 Å². The summed E-state index contributed by atoms with van der Waals surface area (Å²) < 4.78 is 12.4. The van der Waals surface area contributed by atoms with E-state index in [4.69, 9.17) is 9.47 Å². The van der Waals surface area contributed by atoms with Gasteiger partial charge in [0, 0.05) is 16.7 Å². The van der Waals surface area contributed by atoms with Crippen LogP contribution in [0, 0.1) is 0 Å². The lowest BCUT2D eigenvalue weighted by Gasteiger charge is -2.13. The van der Waals surface area contributed by atoms with Crippen molar-refractivity contribution < 1.29 is 9.47 Å². The molecule has 3 aromatic carbocycles. The zero-order chi connectivity index (χ0) is 18.2. The molecule has 0 amide bonds. The van der Waals surface area contributed by atoms with E-state index in [-0.39, 0.29) is 0 Å². The number of para-hydroxylation sites is 1. The summed E-state index contributed by atoms with van der Waals surface area (Å²) in [6.45, 7) is 1.15. The van der Waals surface area contributed by atoms with Crippen molar-refractivity contribution >= 4 is 21.6 Å². The van der Waals surface area contributed by atoms with E-state index in [9.17, 15) is 0 Å². The Morgan fingerprint density at radius 1 is 0.846 bits per heavy atom. The van der Waals surface area contributed by atoms with Gasteiger partial charge in [0.15, 0.2) is 11.5 Å². The van der Waals surface area contributed by atoms with Gasteiger partial charge in [0.25, 0.3) is 0 Å². The number of benzene rings is 3. The minimum absolute atomic E-state index is 0.489. The number of hydrogen-bond acceptors (Lipinski definition) is 4. The number of halogens is 1. The topological polar surface area (TPSA) is 42.5 Å². The average molecular weight is 413 g/mol. The monoisotopic (exact) mass is 412 g/mol. The zero-order valence-corrected chi connectivity index (χ0v) is 16.1. The van der Waals surface area contributed by atoms with Crippen molar-refractivity contribution in [1.82, 2.24) is 5.43 Å². The van der Waals surface area contributed by atoms with Crippen LogP contribution in [0.15, 0.2) is 77.3 Å². The molecular formula is C21H21BrN2O2. The van der Waals surface area contributed by atoms with Crippen LogP contribution in [0.5, 0.6) is 11.5 Å². The van der Waals surface area contributed by atoms with E-state index in [0.29, 0.717) is 13.2 Å². The Morgan fingerprint density at radius 2 is 1.69 bits per heavy atom. The molecule has 3 rings (SSSR count). The standard InChI is InChI=1S/C21H21BrN2O2/c1-25-21-13-16(14-23-24-19-8-3-2-4-9-19)10-11-20(21)26-15-17-6-5-7-18(22)12-17/h2-13,23-24H,14-15H2,1H3. The number of hydrogen-bond donors (Lipinski definition) is 2. The summed E-state index contributed by atoms with van der Waals surface area (Å²) in [7, 11) is 1.65. The Balaban J connectivity index is 1.58. The molecule has 134 valence electrons. The van der Waals surface area contributed by atoms with Crippen LogP contribution in [0.3, 0.4) is 0 Å². The number of nitrogens with one attached hydrogen (secondary N) is 2. The van der Waals surface area contributed by atoms with Gasteiger partial charge in [-0.3, -0.25) is 0 Å². The van der Waals surface area contributed by atoms with Gasteiger partial charge in [-0.25, -0.2) is 5.43 Å². The second-order valence-corrected chi connectivity index (χ2v) is 6.66. The Labute approximate surface area is 162 Å². The average Bonchev–Trinajstić information content (AvgIpc) is 2.67. The smallest absolute Gasteiger partial charge is 0.161 e. The van der Waals surface area contributed by atoms with E-state index in [0.717, 1.165) is 32.8 Å². The van der Waals surface area contributed by atoms with Crippen molar-refractivity contribution in [1.29, 1.82) is 0 Å². The lowest BCUT2D eigenvalue weighted by atomic mass is 10.2. The van der Waals surface area contributed by atoms with Gasteiger partial charge in [0.1, 0.15) is 6.61 Å². The quantitative estimate of drug-likeness (QED) is 0.501. The van der Waals surface area contributed by atoms with Gasteiger partial charge in [0.2, 0.25) is 0 Å². The molecule has 3 aromatic rings. The van der Waals surface area contributed by atoms with Gasteiger partial charge in [-0.2, -0.15) is 0 Å². The molecule has 4 nitrogen and oxygen atoms in total. The summed E-state index contributed by atoms with van der Waals surface area (Å²) in [5, 5.41) is 0. The molecule has 0 aliphatic heterocycles. The SMILES string of the molecule is COc1cc(CNNc2ccccc2)ccc1OCc1cccc(Br)c1. The van der Waals surface area contributed by atoms with Gasteiger partial charge in [-0.15, -0.1) is 0 Å². The number of ether oxygens (including phenoxy) is 2. The first-order valence-corrected chi connectivity index (χ1v) is 9.12. The highest BCUT2D eigenvalue weighted by molar-refractivity contribution is 9.10. The Morgan fingerprint density at radius 3 is 2.46 bits per heavy atom. The second kappa shape index (κ2) is 9.27. The van der Waals surface area contributed by atoms with E-state index in [1.807, 2.05) is 72.8 Å². The van der Waals surface area contributed by atoms with Gasteiger partial charge < -0.3 is 14.9 Å². The summed E-state index contributed by atoms with van der Waals surface area (Å²) in [6.07, 6.45) is 0. The largest absolute Gasteiger partial charge is 0.493 e. The van der Waals surface area contributed by atoms with Crippen molar-refractivity contribution in [3.05, 3.63) is 88.4 Å². The Hall–Kier alpha value is -2.50. The van der Waals surface area contributed by atoms with E-state index in [2.05, 4.69) is 26.8 Å². The molecule has 5 heteroatoms. The highest BCUT2D eigenvalue weighted by Crippen LogP contribution is 2.29. The van der Waals surface area contributed by atoms with E-state index < -0.39 is 0 Å². The summed E-state index contributed by atoms with van der Waals surface area (Å²) in [4.78, 5) is 0. The lowest BCUT2D eigenvalue weighted by molar-refractivity contribution is 0.284. The molecule has 0 bridgehead atoms. The maximum Gasteiger partial charge on any atom is 0.161 e. The first-order chi connectivity index (χ1) is 12.7. The third kappa shape index (κ3) is 5.25. The Bertz CT molecular complexity index is 840. The molecule has 0 saturated heterocycles. The first kappa shape index (κ1) is 18.3. The van der Waals surface area contributed by atoms with E-state index >= 15 is 0 Å². The summed E-state index contributed by atoms with van der Waals surface area (Å²) in [5.74, 6) is 1.45. The Kier molecular flexibility index (Phi) is 6.52. The number of methoxy groups -OCH3 is 1. The first-order valence-electron chi connectivity index (χ1n) is 8.32. The van der Waals surface area contributed by atoms with Crippen molar-refractivity contribution in [2.45, 2.75) is 13.2 Å². The van der Waals surface area contributed by atoms with Crippen LogP contribution >= 0.6 is 15.9 Å². The van der Waals surface area contributed by atoms with Crippen molar-refractivity contribution in [2.24, 2.45) is 0 Å². The lowest BCUT2D eigenvalue weighted by Crippen LogP contribution is -2.20. The maximum absolute atomic E-state index is 5.92. The maximum atomic E-state index is 5.92. The van der Waals surface area contributed by atoms with E-state index in [1.165, 1.54) is 0 Å². The molecule has 0 atom stereocenters. The van der Waals surface area contributed by atoms with Gasteiger partial charge in [-0.05, 0) is 47.5 Å². The molecular weight excluding hydrogens is 392 g/mol. The van der Waals surface area contributed by atoms with Crippen LogP contribution in [0.2, 0.25) is 0 Å². The van der Waals surface area contributed by atoms with Crippen LogP contribution < -0.4 is 20.3 Å². The molecule has 0 radical (unpaired) electrons. The molecule has 0 fully saturated rings. The van der Waals surface area contributed by atoms with Crippen LogP contribution in [-0.2, 0) is 13.2 Å². The highest BCUT2D eigenvalue weighted by Gasteiger charge is 2.06. The summed E-state index contributed by atoms with van der Waals surface area (Å²) in [5.41, 5.74) is 9.59. The summed E-state index contributed by atoms with van der Waals surface area (Å²) >= 11 is 3.47. The zero-order valence-electron chi connectivity index (χ0n) is 14.5. The minimum Gasteiger partial charge on any atom is -0.493 e. The summed E-state index contributed by atoms with van der Waals surface area (Å²) in [6, 6.07) is 24.0. The van der Waals surface area contributed by atoms with Crippen LogP contribution in [-0.4, -0.2) is 7.11 Å². The number of hydrazine groups is 1. The molecule has 26 heavy (non-hydrogen) atoms. The molecule has 0 aromatic heterocycles. The van der Waals surface area contributed by atoms with Crippen LogP contribution in [0.25, 0.3) is 0 Å². The minimum atomic E-state index is 0.489. The molecule has 0 heterocycles. The predicted molar refractivity (Wildman–Crippen MR) is 108 cm³/mol. The second-order valence-electron chi connectivity index (χ2n) is 5.75. The molecule has 0 aliphatic carbocycles. The van der Waals surface area contributed by atoms with E-state index in [1.54, 1.807) is 7.11 Å². The van der Waals surface area contributed by atoms with Crippen molar-refractivity contribution in [3.8, 4) is 11.5 Å². The fourth-order valence-corrected chi connectivity index (χ4v) is 2.95. The fourth-order valence-electron chi connectivity index (χ4n) is 2.50. The molecule has 0 spiro atoms. The third-order valence-electron chi connectivity index (χ3n) is 3.81. The molecule has 0 aliphatic rings. The number of rotatable bonds is 8. The molecule has 0 unspecified atom stereocenters. The highest BCUT2D eigenvalue weighted by atomic mass is 79.9. The van der Waals surface area contributed by atoms with Gasteiger partial charge in [-0.1, -0.05) is 52.3 Å². The van der Waals surface area contributed by atoms with Crippen molar-refractivity contribution in [2.75, 3.05) is 12.5 Å². The third-order valence-corrected chi connectivity index (χ3v) is 4.30. The normalized spacial score (nSPS) is 10.4. The van der Waals surface area contributed by atoms with Crippen molar-refractivity contribution in [3.63, 3.8) is 0 Å². The molecule has 2 N–H and O–H groups in total.